The van der Waals surface area contributed by atoms with Crippen molar-refractivity contribution in [3.05, 3.63) is 0 Å². The van der Waals surface area contributed by atoms with Crippen molar-refractivity contribution in [2.75, 3.05) is 7.11 Å². The van der Waals surface area contributed by atoms with Gasteiger partial charge in [0.25, 0.3) is 5.12 Å². The van der Waals surface area contributed by atoms with Crippen molar-refractivity contribution in [1.82, 2.24) is 0 Å². The molecular weight excluding hydrogens is 203 g/mol. The Morgan fingerprint density at radius 2 is 1.85 bits per heavy atom. The molecule has 74 valence electrons. The monoisotopic (exact) mass is 218 g/mol. The molecule has 0 fully saturated rings. The first-order valence-corrected chi connectivity index (χ1v) is 5.29. The Labute approximate surface area is 101 Å². The number of hydrogen-bond donors (Lipinski definition) is 0. The molecule has 0 radical (unpaired) electrons. The molecule has 0 amide bonds. The molecule has 0 N–H and O–H groups in total. The van der Waals surface area contributed by atoms with Gasteiger partial charge in [0.05, 0.1) is 7.11 Å². The molecule has 0 rings (SSSR count). The fourth-order valence-electron chi connectivity index (χ4n) is 0.737. The fraction of sp³-hybridized carbons (Fsp3) is 0.857. The predicted octanol–water partition coefficient (Wildman–Crippen LogP) is 0.421. The van der Waals surface area contributed by atoms with Crippen molar-refractivity contribution >= 4 is 44.8 Å². The van der Waals surface area contributed by atoms with E-state index < -0.39 is 15.2 Å². The van der Waals surface area contributed by atoms with E-state index in [1.54, 1.807) is 0 Å². The first kappa shape index (κ1) is 16.0. The third-order valence-electron chi connectivity index (χ3n) is 1.48. The zero-order valence-corrected chi connectivity index (χ0v) is 8.19. The summed E-state index contributed by atoms with van der Waals surface area (Å²) in [5, 5.41) is -0.821. The molecule has 0 aliphatic carbocycles. The molecule has 0 spiro atoms. The molecule has 0 aromatic carbocycles. The van der Waals surface area contributed by atoms with E-state index >= 15 is 0 Å². The SMILES string of the molecule is CCCCCC(=O)S(=O)(=O)OC.[NaH]. The Kier molecular flexibility index (Phi) is 9.78. The van der Waals surface area contributed by atoms with Gasteiger partial charge in [0.1, 0.15) is 0 Å². The number of hydrogen-bond acceptors (Lipinski definition) is 4. The zero-order valence-electron chi connectivity index (χ0n) is 7.37. The summed E-state index contributed by atoms with van der Waals surface area (Å²) < 4.78 is 25.5. The molecule has 0 aromatic rings. The molecule has 13 heavy (non-hydrogen) atoms. The van der Waals surface area contributed by atoms with Crippen molar-refractivity contribution in [3.8, 4) is 0 Å². The molecule has 0 heterocycles. The summed E-state index contributed by atoms with van der Waals surface area (Å²) in [7, 11) is -2.92. The van der Waals surface area contributed by atoms with Gasteiger partial charge in [0, 0.05) is 6.42 Å². The second kappa shape index (κ2) is 7.94. The van der Waals surface area contributed by atoms with Crippen LogP contribution in [0, 0.1) is 0 Å². The Morgan fingerprint density at radius 1 is 1.31 bits per heavy atom. The van der Waals surface area contributed by atoms with Crippen LogP contribution in [-0.2, 0) is 19.1 Å². The van der Waals surface area contributed by atoms with Gasteiger partial charge in [-0.25, -0.2) is 0 Å². The van der Waals surface area contributed by atoms with Crippen molar-refractivity contribution in [3.63, 3.8) is 0 Å². The van der Waals surface area contributed by atoms with E-state index in [1.807, 2.05) is 6.92 Å². The van der Waals surface area contributed by atoms with Gasteiger partial charge in [-0.15, -0.1) is 0 Å². The van der Waals surface area contributed by atoms with Crippen molar-refractivity contribution in [1.29, 1.82) is 0 Å². The van der Waals surface area contributed by atoms with Crippen molar-refractivity contribution in [2.45, 2.75) is 32.6 Å². The summed E-state index contributed by atoms with van der Waals surface area (Å²) in [4.78, 5) is 10.9. The predicted molar refractivity (Wildman–Crippen MR) is 52.2 cm³/mol. The first-order chi connectivity index (χ1) is 5.54. The molecule has 0 unspecified atom stereocenters. The van der Waals surface area contributed by atoms with Crippen LogP contribution in [0.15, 0.2) is 0 Å². The maximum atomic E-state index is 10.9. The van der Waals surface area contributed by atoms with Gasteiger partial charge in [-0.1, -0.05) is 19.8 Å². The second-order valence-corrected chi connectivity index (χ2v) is 4.15. The van der Waals surface area contributed by atoms with E-state index in [2.05, 4.69) is 4.18 Å². The first-order valence-electron chi connectivity index (χ1n) is 3.88. The molecule has 0 aliphatic rings. The van der Waals surface area contributed by atoms with Crippen LogP contribution in [0.4, 0.5) is 0 Å². The Balaban J connectivity index is 0. The molecule has 0 aliphatic heterocycles. The number of carbonyl (C=O) groups excluding carboxylic acids is 1. The van der Waals surface area contributed by atoms with Gasteiger partial charge in [-0.3, -0.25) is 8.98 Å². The molecule has 0 aromatic heterocycles. The topological polar surface area (TPSA) is 60.4 Å². The van der Waals surface area contributed by atoms with Crippen LogP contribution in [0.2, 0.25) is 0 Å². The van der Waals surface area contributed by atoms with Crippen LogP contribution >= 0.6 is 0 Å². The third kappa shape index (κ3) is 6.62. The maximum absolute atomic E-state index is 10.9. The number of rotatable bonds is 5. The minimum atomic E-state index is -3.92. The van der Waals surface area contributed by atoms with Crippen molar-refractivity contribution in [2.24, 2.45) is 0 Å². The van der Waals surface area contributed by atoms with E-state index in [4.69, 9.17) is 0 Å². The second-order valence-electron chi connectivity index (χ2n) is 2.45. The molecule has 0 bridgehead atoms. The Morgan fingerprint density at radius 3 is 2.23 bits per heavy atom. The molecule has 6 heteroatoms. The van der Waals surface area contributed by atoms with Gasteiger partial charge >= 0.3 is 39.7 Å². The average molecular weight is 218 g/mol. The van der Waals surface area contributed by atoms with E-state index in [0.29, 0.717) is 6.42 Å². The number of carbonyl (C=O) groups is 1. The molecule has 0 saturated heterocycles. The van der Waals surface area contributed by atoms with Gasteiger partial charge < -0.3 is 0 Å². The molecular formula is C7H15NaO4S. The average Bonchev–Trinajstić information content (AvgIpc) is 2.05. The summed E-state index contributed by atoms with van der Waals surface area (Å²) >= 11 is 0. The Hall–Kier alpha value is 0.580. The summed E-state index contributed by atoms with van der Waals surface area (Å²) in [6.07, 6.45) is 2.49. The normalized spacial score (nSPS) is 10.6. The van der Waals surface area contributed by atoms with Crippen LogP contribution in [-0.4, -0.2) is 50.2 Å². The van der Waals surface area contributed by atoms with Crippen LogP contribution in [0.3, 0.4) is 0 Å². The Bertz CT molecular complexity index is 235. The van der Waals surface area contributed by atoms with Gasteiger partial charge in [-0.2, -0.15) is 8.42 Å². The fourth-order valence-corrected chi connectivity index (χ4v) is 1.32. The van der Waals surface area contributed by atoms with Crippen LogP contribution in [0.1, 0.15) is 32.6 Å². The van der Waals surface area contributed by atoms with Gasteiger partial charge in [0.2, 0.25) is 0 Å². The summed E-state index contributed by atoms with van der Waals surface area (Å²) in [6.45, 7) is 1.98. The van der Waals surface area contributed by atoms with Crippen molar-refractivity contribution < 1.29 is 17.4 Å². The van der Waals surface area contributed by atoms with E-state index in [0.717, 1.165) is 20.0 Å². The number of unbranched alkanes of at least 4 members (excludes halogenated alkanes) is 2. The summed E-state index contributed by atoms with van der Waals surface area (Å²) in [5.74, 6) is 0. The van der Waals surface area contributed by atoms with Crippen LogP contribution in [0.5, 0.6) is 0 Å². The van der Waals surface area contributed by atoms with E-state index in [9.17, 15) is 13.2 Å². The summed E-state index contributed by atoms with van der Waals surface area (Å²) in [6, 6.07) is 0. The quantitative estimate of drug-likeness (QED) is 0.381. The molecule has 0 atom stereocenters. The van der Waals surface area contributed by atoms with Crippen LogP contribution < -0.4 is 0 Å². The standard InChI is InChI=1S/C7H14O4S.Na.H/c1-3-4-5-6-7(8)12(9,10)11-2;;/h3-6H2,1-2H3;;. The van der Waals surface area contributed by atoms with Crippen LogP contribution in [0.25, 0.3) is 0 Å². The minimum absolute atomic E-state index is 0. The third-order valence-corrected chi connectivity index (χ3v) is 2.68. The molecule has 4 nitrogen and oxygen atoms in total. The van der Waals surface area contributed by atoms with E-state index in [1.165, 1.54) is 0 Å². The summed E-state index contributed by atoms with van der Waals surface area (Å²) in [5.41, 5.74) is 0. The van der Waals surface area contributed by atoms with Gasteiger partial charge in [0.15, 0.2) is 0 Å². The molecule has 0 saturated carbocycles. The zero-order chi connectivity index (χ0) is 9.61. The van der Waals surface area contributed by atoms with Gasteiger partial charge in [-0.05, 0) is 6.42 Å². The van der Waals surface area contributed by atoms with E-state index in [-0.39, 0.29) is 36.0 Å².